The summed E-state index contributed by atoms with van der Waals surface area (Å²) >= 11 is 6.30. The molecular formula is C26H19ClFN6O+. The Labute approximate surface area is 204 Å². The summed E-state index contributed by atoms with van der Waals surface area (Å²) in [5.74, 6) is -0.432. The highest BCUT2D eigenvalue weighted by Gasteiger charge is 2.43. The smallest absolute Gasteiger partial charge is 0.280 e. The van der Waals surface area contributed by atoms with Gasteiger partial charge < -0.3 is 5.11 Å². The Hall–Kier alpha value is -4.01. The molecule has 0 saturated heterocycles. The molecule has 35 heavy (non-hydrogen) atoms. The number of aliphatic hydroxyl groups is 1. The third-order valence-electron chi connectivity index (χ3n) is 6.42. The van der Waals surface area contributed by atoms with Crippen molar-refractivity contribution in [2.75, 3.05) is 13.6 Å². The van der Waals surface area contributed by atoms with Gasteiger partial charge in [-0.2, -0.15) is 4.52 Å². The van der Waals surface area contributed by atoms with E-state index in [4.69, 9.17) is 11.6 Å². The van der Waals surface area contributed by atoms with E-state index in [1.807, 2.05) is 55.6 Å². The number of benzene rings is 3. The van der Waals surface area contributed by atoms with Crippen LogP contribution in [0, 0.1) is 5.82 Å². The van der Waals surface area contributed by atoms with Crippen LogP contribution in [0.2, 0.25) is 5.02 Å². The maximum atomic E-state index is 14.3. The normalized spacial score (nSPS) is 15.3. The van der Waals surface area contributed by atoms with Crippen LogP contribution in [0.3, 0.4) is 0 Å². The van der Waals surface area contributed by atoms with Crippen LogP contribution in [0.25, 0.3) is 27.7 Å². The number of fused-ring (bicyclic) bond motifs is 3. The van der Waals surface area contributed by atoms with Crippen LogP contribution < -0.4 is 0 Å². The number of pyridine rings is 1. The Balaban J connectivity index is 1.67. The molecule has 9 heteroatoms. The number of tetrazole rings is 1. The molecule has 0 radical (unpaired) electrons. The molecule has 1 aliphatic heterocycles. The van der Waals surface area contributed by atoms with Crippen molar-refractivity contribution in [3.8, 4) is 11.1 Å². The number of aromatic nitrogens is 4. The molecule has 0 amide bonds. The fourth-order valence-electron chi connectivity index (χ4n) is 4.73. The van der Waals surface area contributed by atoms with Crippen LogP contribution in [0.4, 0.5) is 4.39 Å². The highest BCUT2D eigenvalue weighted by molar-refractivity contribution is 6.31. The van der Waals surface area contributed by atoms with Crippen molar-refractivity contribution in [1.29, 1.82) is 0 Å². The number of rotatable bonds is 4. The third-order valence-corrected chi connectivity index (χ3v) is 6.65. The van der Waals surface area contributed by atoms with Crippen molar-refractivity contribution in [1.82, 2.24) is 20.0 Å². The Morgan fingerprint density at radius 2 is 1.86 bits per heavy atom. The van der Waals surface area contributed by atoms with Gasteiger partial charge in [0.2, 0.25) is 0 Å². The Morgan fingerprint density at radius 1 is 1.03 bits per heavy atom. The molecule has 1 atom stereocenters. The van der Waals surface area contributed by atoms with Gasteiger partial charge in [-0.1, -0.05) is 46.9 Å². The van der Waals surface area contributed by atoms with E-state index < -0.39 is 11.4 Å². The van der Waals surface area contributed by atoms with Gasteiger partial charge in [0.05, 0.1) is 12.6 Å². The molecule has 0 aliphatic carbocycles. The van der Waals surface area contributed by atoms with E-state index in [1.54, 1.807) is 27.6 Å². The van der Waals surface area contributed by atoms with Gasteiger partial charge >= 0.3 is 0 Å². The van der Waals surface area contributed by atoms with E-state index in [-0.39, 0.29) is 6.54 Å². The quantitative estimate of drug-likeness (QED) is 0.389. The molecule has 3 aromatic carbocycles. The van der Waals surface area contributed by atoms with Crippen molar-refractivity contribution in [3.63, 3.8) is 0 Å². The van der Waals surface area contributed by atoms with Gasteiger partial charge in [-0.15, -0.1) is 5.10 Å². The van der Waals surface area contributed by atoms with E-state index in [0.29, 0.717) is 27.5 Å². The first-order valence-corrected chi connectivity index (χ1v) is 11.3. The first-order valence-electron chi connectivity index (χ1n) is 10.9. The van der Waals surface area contributed by atoms with Gasteiger partial charge in [-0.25, -0.2) is 8.97 Å². The zero-order chi connectivity index (χ0) is 24.2. The van der Waals surface area contributed by atoms with E-state index in [0.717, 1.165) is 22.0 Å². The van der Waals surface area contributed by atoms with Gasteiger partial charge in [0.1, 0.15) is 5.82 Å². The van der Waals surface area contributed by atoms with Crippen LogP contribution in [0.5, 0.6) is 0 Å². The molecule has 172 valence electrons. The molecule has 6 rings (SSSR count). The number of nitrogens with zero attached hydrogens (tertiary/aromatic N) is 6. The second-order valence-electron chi connectivity index (χ2n) is 8.48. The SMILES string of the molecule is C[N+]1=C(C(O)(c2cccc(F)c2)c2ccc3c(c2)c(-c2cccc(Cl)c2)cc2nnnn23)CN=C1. The van der Waals surface area contributed by atoms with Crippen molar-refractivity contribution >= 4 is 40.2 Å². The minimum atomic E-state index is -1.62. The molecular weight excluding hydrogens is 467 g/mol. The molecule has 5 aromatic rings. The lowest BCUT2D eigenvalue weighted by molar-refractivity contribution is -0.363. The average Bonchev–Trinajstić information content (AvgIpc) is 3.52. The second kappa shape index (κ2) is 8.04. The summed E-state index contributed by atoms with van der Waals surface area (Å²) < 4.78 is 17.7. The summed E-state index contributed by atoms with van der Waals surface area (Å²) in [6.07, 6.45) is 1.66. The Kier molecular flexibility index (Phi) is 4.94. The molecule has 1 aliphatic rings. The summed E-state index contributed by atoms with van der Waals surface area (Å²) in [7, 11) is 1.82. The third kappa shape index (κ3) is 3.41. The lowest BCUT2D eigenvalue weighted by Gasteiger charge is -2.28. The van der Waals surface area contributed by atoms with Gasteiger partial charge in [0, 0.05) is 10.4 Å². The molecule has 1 N–H and O–H groups in total. The molecule has 1 unspecified atom stereocenters. The van der Waals surface area contributed by atoms with Crippen LogP contribution in [-0.2, 0) is 5.60 Å². The van der Waals surface area contributed by atoms with Gasteiger partial charge in [0.15, 0.2) is 23.5 Å². The van der Waals surface area contributed by atoms with Gasteiger partial charge in [-0.3, -0.25) is 0 Å². The minimum absolute atomic E-state index is 0.286. The molecule has 3 heterocycles. The average molecular weight is 486 g/mol. The van der Waals surface area contributed by atoms with Gasteiger partial charge in [-0.05, 0) is 75.1 Å². The maximum absolute atomic E-state index is 14.3. The summed E-state index contributed by atoms with van der Waals surface area (Å²) in [4.78, 5) is 4.32. The van der Waals surface area contributed by atoms with Crippen molar-refractivity contribution in [2.45, 2.75) is 5.60 Å². The van der Waals surface area contributed by atoms with E-state index in [2.05, 4.69) is 20.5 Å². The predicted molar refractivity (Wildman–Crippen MR) is 133 cm³/mol. The van der Waals surface area contributed by atoms with E-state index in [9.17, 15) is 9.50 Å². The zero-order valence-corrected chi connectivity index (χ0v) is 19.4. The fraction of sp³-hybridized carbons (Fsp3) is 0.115. The van der Waals surface area contributed by atoms with Crippen LogP contribution >= 0.6 is 11.6 Å². The molecule has 2 aromatic heterocycles. The number of aliphatic imine (C=N–C) groups is 1. The van der Waals surface area contributed by atoms with Crippen molar-refractivity contribution in [3.05, 3.63) is 94.8 Å². The summed E-state index contributed by atoms with van der Waals surface area (Å²) in [6, 6.07) is 21.0. The monoisotopic (exact) mass is 485 g/mol. The van der Waals surface area contributed by atoms with Crippen molar-refractivity contribution < 1.29 is 14.1 Å². The molecule has 0 spiro atoms. The summed E-state index contributed by atoms with van der Waals surface area (Å²) in [5.41, 5.74) is 3.06. The van der Waals surface area contributed by atoms with E-state index >= 15 is 0 Å². The molecule has 0 fully saturated rings. The number of hydrogen-bond donors (Lipinski definition) is 1. The highest BCUT2D eigenvalue weighted by Crippen LogP contribution is 2.37. The minimum Gasteiger partial charge on any atom is -0.373 e. The maximum Gasteiger partial charge on any atom is 0.280 e. The standard InChI is InChI=1S/C26H19ClFN6O/c1-33-15-29-14-24(33)26(35,17-5-3-7-20(28)11-17)18-8-9-23-22(12-18)21(13-25-30-31-32-34(23)25)16-4-2-6-19(27)10-16/h2-13,15,35H,14H2,1H3/q+1. The summed E-state index contributed by atoms with van der Waals surface area (Å²) in [5, 5.41) is 25.8. The Morgan fingerprint density at radius 3 is 2.63 bits per heavy atom. The molecule has 0 saturated carbocycles. The van der Waals surface area contributed by atoms with Crippen molar-refractivity contribution in [2.24, 2.45) is 4.99 Å². The second-order valence-corrected chi connectivity index (χ2v) is 8.92. The summed E-state index contributed by atoms with van der Waals surface area (Å²) in [6.45, 7) is 0.286. The van der Waals surface area contributed by atoms with E-state index in [1.165, 1.54) is 12.1 Å². The highest BCUT2D eigenvalue weighted by atomic mass is 35.5. The Bertz CT molecular complexity index is 1690. The van der Waals surface area contributed by atoms with Crippen LogP contribution in [0.15, 0.2) is 77.8 Å². The largest absolute Gasteiger partial charge is 0.373 e. The zero-order valence-electron chi connectivity index (χ0n) is 18.6. The lowest BCUT2D eigenvalue weighted by atomic mass is 9.81. The predicted octanol–water partition coefficient (Wildman–Crippen LogP) is 4.10. The van der Waals surface area contributed by atoms with Crippen LogP contribution in [0.1, 0.15) is 11.1 Å². The molecule has 7 nitrogen and oxygen atoms in total. The van der Waals surface area contributed by atoms with Crippen LogP contribution in [-0.4, -0.2) is 55.4 Å². The lowest BCUT2D eigenvalue weighted by Crippen LogP contribution is -2.41. The number of halogens is 2. The topological polar surface area (TPSA) is 78.7 Å². The molecule has 0 bridgehead atoms. The first kappa shape index (κ1) is 21.5. The fourth-order valence-corrected chi connectivity index (χ4v) is 4.92. The van der Waals surface area contributed by atoms with Gasteiger partial charge in [0.25, 0.3) is 6.34 Å². The first-order chi connectivity index (χ1) is 16.9. The number of hydrogen-bond acceptors (Lipinski definition) is 5.